The predicted octanol–water partition coefficient (Wildman–Crippen LogP) is 1.25. The molecule has 1 atom stereocenters. The summed E-state index contributed by atoms with van der Waals surface area (Å²) in [6, 6.07) is 0.402. The van der Waals surface area contributed by atoms with E-state index in [2.05, 4.69) is 23.9 Å². The molecule has 0 bridgehead atoms. The molecule has 0 spiro atoms. The van der Waals surface area contributed by atoms with E-state index in [4.69, 9.17) is 4.74 Å². The van der Waals surface area contributed by atoms with Gasteiger partial charge in [0.2, 0.25) is 10.0 Å². The molecule has 5 nitrogen and oxygen atoms in total. The maximum Gasteiger partial charge on any atom is 0.211 e. The maximum atomic E-state index is 12.0. The molecule has 114 valence electrons. The lowest BCUT2D eigenvalue weighted by molar-refractivity contribution is -0.0599. The van der Waals surface area contributed by atoms with E-state index in [-0.39, 0.29) is 17.4 Å². The Morgan fingerprint density at radius 3 is 2.63 bits per heavy atom. The summed E-state index contributed by atoms with van der Waals surface area (Å²) in [5.41, 5.74) is -0.232. The normalized spacial score (nSPS) is 23.7. The van der Waals surface area contributed by atoms with Crippen LogP contribution < -0.4 is 10.0 Å². The number of sulfonamides is 1. The van der Waals surface area contributed by atoms with Crippen LogP contribution in [0.5, 0.6) is 0 Å². The molecular formula is C13H28N2O3S. The Morgan fingerprint density at radius 1 is 1.37 bits per heavy atom. The second-order valence-corrected chi connectivity index (χ2v) is 8.07. The molecule has 1 unspecified atom stereocenters. The number of rotatable bonds is 7. The minimum Gasteiger partial charge on any atom is -0.375 e. The van der Waals surface area contributed by atoms with Gasteiger partial charge in [-0.3, -0.25) is 0 Å². The Morgan fingerprint density at radius 2 is 2.05 bits per heavy atom. The van der Waals surface area contributed by atoms with Crippen LogP contribution in [0.4, 0.5) is 0 Å². The minimum absolute atomic E-state index is 0.00630. The molecule has 0 saturated carbocycles. The molecule has 0 aromatic rings. The molecule has 19 heavy (non-hydrogen) atoms. The van der Waals surface area contributed by atoms with Crippen LogP contribution in [-0.2, 0) is 14.8 Å². The van der Waals surface area contributed by atoms with Crippen molar-refractivity contribution >= 4 is 10.0 Å². The van der Waals surface area contributed by atoms with Crippen LogP contribution in [-0.4, -0.2) is 45.0 Å². The van der Waals surface area contributed by atoms with Gasteiger partial charge in [0.25, 0.3) is 0 Å². The highest BCUT2D eigenvalue weighted by Gasteiger charge is 2.30. The second-order valence-electron chi connectivity index (χ2n) is 6.20. The Hall–Kier alpha value is -0.170. The van der Waals surface area contributed by atoms with Crippen molar-refractivity contribution in [1.82, 2.24) is 10.0 Å². The van der Waals surface area contributed by atoms with E-state index in [0.29, 0.717) is 19.1 Å². The molecule has 1 heterocycles. The van der Waals surface area contributed by atoms with Gasteiger partial charge >= 0.3 is 0 Å². The van der Waals surface area contributed by atoms with Crippen molar-refractivity contribution < 1.29 is 13.2 Å². The van der Waals surface area contributed by atoms with Crippen LogP contribution in [0.25, 0.3) is 0 Å². The van der Waals surface area contributed by atoms with Crippen LogP contribution in [0.1, 0.15) is 47.0 Å². The van der Waals surface area contributed by atoms with Gasteiger partial charge in [-0.05, 0) is 39.7 Å². The lowest BCUT2D eigenvalue weighted by atomic mass is 9.95. The van der Waals surface area contributed by atoms with E-state index in [9.17, 15) is 8.42 Å². The molecule has 0 amide bonds. The second kappa shape index (κ2) is 7.02. The van der Waals surface area contributed by atoms with E-state index < -0.39 is 10.0 Å². The molecular weight excluding hydrogens is 264 g/mol. The summed E-state index contributed by atoms with van der Waals surface area (Å²) in [6.07, 6.45) is 2.13. The first-order valence-corrected chi connectivity index (χ1v) is 8.73. The quantitative estimate of drug-likeness (QED) is 0.693. The fourth-order valence-electron chi connectivity index (χ4n) is 2.30. The summed E-state index contributed by atoms with van der Waals surface area (Å²) >= 11 is 0. The standard InChI is InChI=1S/C13H28N2O3S/c1-11(2)14-7-5-9-19(16,17)15-12-6-8-18-13(3,4)10-12/h11-12,14-15H,5-10H2,1-4H3. The third-order valence-corrected chi connectivity index (χ3v) is 4.70. The van der Waals surface area contributed by atoms with Gasteiger partial charge in [0.05, 0.1) is 11.4 Å². The highest BCUT2D eigenvalue weighted by molar-refractivity contribution is 7.89. The molecule has 6 heteroatoms. The SMILES string of the molecule is CC(C)NCCCS(=O)(=O)NC1CCOC(C)(C)C1. The number of hydrogen-bond donors (Lipinski definition) is 2. The molecule has 1 rings (SSSR count). The minimum atomic E-state index is -3.17. The van der Waals surface area contributed by atoms with Gasteiger partial charge in [-0.15, -0.1) is 0 Å². The molecule has 1 aliphatic heterocycles. The van der Waals surface area contributed by atoms with Crippen molar-refractivity contribution in [3.8, 4) is 0 Å². The van der Waals surface area contributed by atoms with Crippen molar-refractivity contribution in [3.63, 3.8) is 0 Å². The molecule has 1 saturated heterocycles. The first-order valence-electron chi connectivity index (χ1n) is 7.07. The van der Waals surface area contributed by atoms with Crippen LogP contribution in [0.2, 0.25) is 0 Å². The Balaban J connectivity index is 2.33. The Kier molecular flexibility index (Phi) is 6.23. The smallest absolute Gasteiger partial charge is 0.211 e. The Labute approximate surface area is 117 Å². The largest absolute Gasteiger partial charge is 0.375 e. The van der Waals surface area contributed by atoms with Crippen molar-refractivity contribution in [1.29, 1.82) is 0 Å². The first-order chi connectivity index (χ1) is 8.70. The highest BCUT2D eigenvalue weighted by atomic mass is 32.2. The van der Waals surface area contributed by atoms with Gasteiger partial charge in [0.1, 0.15) is 0 Å². The number of nitrogens with one attached hydrogen (secondary N) is 2. The fourth-order valence-corrected chi connectivity index (χ4v) is 3.65. The van der Waals surface area contributed by atoms with E-state index in [1.165, 1.54) is 0 Å². The molecule has 2 N–H and O–H groups in total. The maximum absolute atomic E-state index is 12.0. The van der Waals surface area contributed by atoms with Gasteiger partial charge in [-0.1, -0.05) is 13.8 Å². The third kappa shape index (κ3) is 7.25. The monoisotopic (exact) mass is 292 g/mol. The topological polar surface area (TPSA) is 67.4 Å². The summed E-state index contributed by atoms with van der Waals surface area (Å²) in [7, 11) is -3.17. The van der Waals surface area contributed by atoms with Crippen molar-refractivity contribution in [2.24, 2.45) is 0 Å². The summed E-state index contributed by atoms with van der Waals surface area (Å²) in [6.45, 7) is 9.46. The summed E-state index contributed by atoms with van der Waals surface area (Å²) in [5.74, 6) is 0.185. The first kappa shape index (κ1) is 16.9. The van der Waals surface area contributed by atoms with Crippen LogP contribution in [0, 0.1) is 0 Å². The molecule has 0 aliphatic carbocycles. The zero-order valence-corrected chi connectivity index (χ0v) is 13.3. The van der Waals surface area contributed by atoms with Gasteiger partial charge in [0.15, 0.2) is 0 Å². The van der Waals surface area contributed by atoms with E-state index in [1.807, 2.05) is 13.8 Å². The van der Waals surface area contributed by atoms with E-state index >= 15 is 0 Å². The third-order valence-electron chi connectivity index (χ3n) is 3.19. The van der Waals surface area contributed by atoms with Crippen molar-refractivity contribution in [2.45, 2.75) is 64.6 Å². The zero-order valence-electron chi connectivity index (χ0n) is 12.5. The molecule has 0 aromatic carbocycles. The molecule has 0 aromatic heterocycles. The molecule has 1 fully saturated rings. The highest BCUT2D eigenvalue weighted by Crippen LogP contribution is 2.24. The number of ether oxygens (including phenoxy) is 1. The van der Waals surface area contributed by atoms with Gasteiger partial charge in [-0.25, -0.2) is 13.1 Å². The summed E-state index contributed by atoms with van der Waals surface area (Å²) in [4.78, 5) is 0. The van der Waals surface area contributed by atoms with E-state index in [1.54, 1.807) is 0 Å². The lowest BCUT2D eigenvalue weighted by Crippen LogP contribution is -2.46. The van der Waals surface area contributed by atoms with Crippen LogP contribution in [0.15, 0.2) is 0 Å². The molecule has 1 aliphatic rings. The average Bonchev–Trinajstić information content (AvgIpc) is 2.22. The lowest BCUT2D eigenvalue weighted by Gasteiger charge is -2.35. The predicted molar refractivity (Wildman–Crippen MR) is 77.7 cm³/mol. The van der Waals surface area contributed by atoms with Crippen molar-refractivity contribution in [3.05, 3.63) is 0 Å². The van der Waals surface area contributed by atoms with Crippen molar-refractivity contribution in [2.75, 3.05) is 18.9 Å². The summed E-state index contributed by atoms with van der Waals surface area (Å²) < 4.78 is 32.3. The van der Waals surface area contributed by atoms with Crippen LogP contribution >= 0.6 is 0 Å². The Bertz CT molecular complexity index is 366. The van der Waals surface area contributed by atoms with E-state index in [0.717, 1.165) is 19.4 Å². The molecule has 0 radical (unpaired) electrons. The van der Waals surface area contributed by atoms with Crippen LogP contribution in [0.3, 0.4) is 0 Å². The van der Waals surface area contributed by atoms with Gasteiger partial charge in [-0.2, -0.15) is 0 Å². The van der Waals surface area contributed by atoms with Gasteiger partial charge in [0, 0.05) is 18.7 Å². The zero-order chi connectivity index (χ0) is 14.5. The number of hydrogen-bond acceptors (Lipinski definition) is 4. The average molecular weight is 292 g/mol. The summed E-state index contributed by atoms with van der Waals surface area (Å²) in [5, 5.41) is 3.22. The van der Waals surface area contributed by atoms with Gasteiger partial charge < -0.3 is 10.1 Å². The fraction of sp³-hybridized carbons (Fsp3) is 1.00.